The number of benzene rings is 2. The van der Waals surface area contributed by atoms with Gasteiger partial charge in [-0.15, -0.1) is 0 Å². The maximum absolute atomic E-state index is 10.1. The monoisotopic (exact) mass is 487 g/mol. The van der Waals surface area contributed by atoms with Crippen molar-refractivity contribution < 1.29 is 9.84 Å². The Labute approximate surface area is 214 Å². The zero-order valence-electron chi connectivity index (χ0n) is 21.4. The number of piperidine rings is 1. The summed E-state index contributed by atoms with van der Waals surface area (Å²) in [7, 11) is 3.92. The predicted octanol–water partition coefficient (Wildman–Crippen LogP) is 4.46. The third-order valence-corrected chi connectivity index (χ3v) is 7.28. The molecule has 0 spiro atoms. The van der Waals surface area contributed by atoms with E-state index in [1.807, 2.05) is 37.3 Å². The largest absolute Gasteiger partial charge is 0.508 e. The Balaban J connectivity index is 1.32. The average Bonchev–Trinajstić information content (AvgIpc) is 2.90. The van der Waals surface area contributed by atoms with Crippen LogP contribution in [0.25, 0.3) is 0 Å². The van der Waals surface area contributed by atoms with Crippen LogP contribution in [0.5, 0.6) is 11.5 Å². The van der Waals surface area contributed by atoms with E-state index in [1.165, 1.54) is 49.0 Å². The first-order valence-corrected chi connectivity index (χ1v) is 13.1. The number of hydrogen-bond acceptors (Lipinski definition) is 7. The van der Waals surface area contributed by atoms with Gasteiger partial charge < -0.3 is 19.6 Å². The van der Waals surface area contributed by atoms with Crippen molar-refractivity contribution in [1.29, 1.82) is 0 Å². The SMILES string of the molecule is CN(C)c1nccc(N2CCc3cc(O)ccc3C2Cc2ccc(OCCN3CCCCC3)cc2)n1. The van der Waals surface area contributed by atoms with Gasteiger partial charge in [-0.2, -0.15) is 4.98 Å². The first-order chi connectivity index (χ1) is 17.6. The fraction of sp³-hybridized carbons (Fsp3) is 0.448. The zero-order valence-corrected chi connectivity index (χ0v) is 21.4. The highest BCUT2D eigenvalue weighted by Gasteiger charge is 2.29. The fourth-order valence-electron chi connectivity index (χ4n) is 5.33. The lowest BCUT2D eigenvalue weighted by molar-refractivity contribution is 0.183. The van der Waals surface area contributed by atoms with Crippen molar-refractivity contribution in [2.24, 2.45) is 0 Å². The number of nitrogens with zero attached hydrogens (tertiary/aromatic N) is 5. The van der Waals surface area contributed by atoms with Crippen LogP contribution in [-0.2, 0) is 12.8 Å². The molecule has 36 heavy (non-hydrogen) atoms. The Bertz CT molecular complexity index is 1140. The predicted molar refractivity (Wildman–Crippen MR) is 144 cm³/mol. The highest BCUT2D eigenvalue weighted by Crippen LogP contribution is 2.37. The van der Waals surface area contributed by atoms with E-state index in [9.17, 15) is 5.11 Å². The van der Waals surface area contributed by atoms with Crippen molar-refractivity contribution in [2.75, 3.05) is 56.7 Å². The highest BCUT2D eigenvalue weighted by molar-refractivity contribution is 5.51. The maximum atomic E-state index is 10.1. The van der Waals surface area contributed by atoms with Crippen LogP contribution in [0.1, 0.15) is 42.0 Å². The number of anilines is 2. The molecule has 1 aromatic heterocycles. The molecule has 0 saturated carbocycles. The molecule has 1 atom stereocenters. The summed E-state index contributed by atoms with van der Waals surface area (Å²) in [6.07, 6.45) is 7.51. The van der Waals surface area contributed by atoms with Gasteiger partial charge in [0.1, 0.15) is 23.9 Å². The molecule has 7 heteroatoms. The normalized spacial score (nSPS) is 18.1. The topological polar surface area (TPSA) is 65.0 Å². The van der Waals surface area contributed by atoms with Crippen LogP contribution < -0.4 is 14.5 Å². The molecule has 0 aliphatic carbocycles. The van der Waals surface area contributed by atoms with Gasteiger partial charge in [-0.3, -0.25) is 4.90 Å². The first-order valence-electron chi connectivity index (χ1n) is 13.1. The second-order valence-corrected chi connectivity index (χ2v) is 10.1. The summed E-state index contributed by atoms with van der Waals surface area (Å²) in [6.45, 7) is 4.96. The Hall–Kier alpha value is -3.32. The smallest absolute Gasteiger partial charge is 0.226 e. The Morgan fingerprint density at radius 2 is 1.81 bits per heavy atom. The first kappa shape index (κ1) is 24.4. The quantitative estimate of drug-likeness (QED) is 0.503. The van der Waals surface area contributed by atoms with Crippen LogP contribution >= 0.6 is 0 Å². The van der Waals surface area contributed by atoms with Gasteiger partial charge in [0, 0.05) is 33.4 Å². The third-order valence-electron chi connectivity index (χ3n) is 7.28. The third kappa shape index (κ3) is 5.73. The Morgan fingerprint density at radius 1 is 1.00 bits per heavy atom. The van der Waals surface area contributed by atoms with Crippen molar-refractivity contribution in [2.45, 2.75) is 38.1 Å². The molecule has 1 saturated heterocycles. The number of hydrogen-bond donors (Lipinski definition) is 1. The fourth-order valence-corrected chi connectivity index (χ4v) is 5.33. The number of aromatic hydroxyl groups is 1. The second-order valence-electron chi connectivity index (χ2n) is 10.1. The summed E-state index contributed by atoms with van der Waals surface area (Å²) in [5.41, 5.74) is 3.69. The van der Waals surface area contributed by atoms with Gasteiger partial charge in [-0.05, 0) is 85.8 Å². The molecule has 2 aliphatic rings. The average molecular weight is 488 g/mol. The minimum absolute atomic E-state index is 0.116. The minimum atomic E-state index is 0.116. The van der Waals surface area contributed by atoms with E-state index in [1.54, 1.807) is 6.07 Å². The van der Waals surface area contributed by atoms with Crippen LogP contribution in [0.4, 0.5) is 11.8 Å². The van der Waals surface area contributed by atoms with Gasteiger partial charge in [0.15, 0.2) is 0 Å². The van der Waals surface area contributed by atoms with E-state index in [2.05, 4.69) is 45.1 Å². The summed E-state index contributed by atoms with van der Waals surface area (Å²) in [4.78, 5) is 16.0. The van der Waals surface area contributed by atoms with Crippen LogP contribution in [0, 0.1) is 0 Å². The van der Waals surface area contributed by atoms with Crippen molar-refractivity contribution in [3.8, 4) is 11.5 Å². The molecule has 7 nitrogen and oxygen atoms in total. The van der Waals surface area contributed by atoms with Gasteiger partial charge in [-0.1, -0.05) is 24.6 Å². The standard InChI is InChI=1S/C29H37N5O2/c1-32(2)29-30-14-12-28(31-29)34-17-13-23-21-24(35)8-11-26(23)27(34)20-22-6-9-25(10-7-22)36-19-18-33-15-4-3-5-16-33/h6-12,14,21,27,35H,3-5,13,15-20H2,1-2H3. The van der Waals surface area contributed by atoms with Crippen LogP contribution in [0.15, 0.2) is 54.7 Å². The summed E-state index contributed by atoms with van der Waals surface area (Å²) < 4.78 is 6.05. The van der Waals surface area contributed by atoms with Gasteiger partial charge >= 0.3 is 0 Å². The lowest BCUT2D eigenvalue weighted by Crippen LogP contribution is -2.37. The van der Waals surface area contributed by atoms with E-state index in [0.717, 1.165) is 44.1 Å². The summed E-state index contributed by atoms with van der Waals surface area (Å²) >= 11 is 0. The molecular weight excluding hydrogens is 450 g/mol. The number of ether oxygens (including phenoxy) is 1. The molecule has 0 bridgehead atoms. The van der Waals surface area contributed by atoms with Crippen molar-refractivity contribution in [1.82, 2.24) is 14.9 Å². The van der Waals surface area contributed by atoms with E-state index in [0.29, 0.717) is 11.7 Å². The molecule has 0 radical (unpaired) electrons. The summed E-state index contributed by atoms with van der Waals surface area (Å²) in [5, 5.41) is 10.1. The van der Waals surface area contributed by atoms with E-state index in [4.69, 9.17) is 9.72 Å². The number of phenolic OH excluding ortho intramolecular Hbond substituents is 1. The van der Waals surface area contributed by atoms with Crippen molar-refractivity contribution >= 4 is 11.8 Å². The molecule has 1 N–H and O–H groups in total. The van der Waals surface area contributed by atoms with Crippen LogP contribution in [-0.4, -0.2) is 66.9 Å². The molecule has 3 aromatic rings. The molecule has 1 fully saturated rings. The highest BCUT2D eigenvalue weighted by atomic mass is 16.5. The molecule has 190 valence electrons. The van der Waals surface area contributed by atoms with E-state index < -0.39 is 0 Å². The van der Waals surface area contributed by atoms with Gasteiger partial charge in [-0.25, -0.2) is 4.98 Å². The molecule has 5 rings (SSSR count). The lowest BCUT2D eigenvalue weighted by atomic mass is 9.88. The lowest BCUT2D eigenvalue weighted by Gasteiger charge is -2.38. The molecule has 2 aliphatic heterocycles. The molecule has 1 unspecified atom stereocenters. The number of aromatic nitrogens is 2. The summed E-state index contributed by atoms with van der Waals surface area (Å²) in [6, 6.07) is 16.4. The Morgan fingerprint density at radius 3 is 2.58 bits per heavy atom. The number of fused-ring (bicyclic) bond motifs is 1. The van der Waals surface area contributed by atoms with Crippen molar-refractivity contribution in [3.05, 3.63) is 71.4 Å². The van der Waals surface area contributed by atoms with Crippen LogP contribution in [0.2, 0.25) is 0 Å². The number of phenols is 1. The maximum Gasteiger partial charge on any atom is 0.226 e. The number of likely N-dealkylation sites (tertiary alicyclic amines) is 1. The minimum Gasteiger partial charge on any atom is -0.508 e. The number of rotatable bonds is 8. The second kappa shape index (κ2) is 11.2. The van der Waals surface area contributed by atoms with Crippen LogP contribution in [0.3, 0.4) is 0 Å². The molecule has 3 heterocycles. The molecule has 2 aromatic carbocycles. The summed E-state index contributed by atoms with van der Waals surface area (Å²) in [5.74, 6) is 2.88. The van der Waals surface area contributed by atoms with Gasteiger partial charge in [0.2, 0.25) is 5.95 Å². The van der Waals surface area contributed by atoms with Crippen molar-refractivity contribution in [3.63, 3.8) is 0 Å². The zero-order chi connectivity index (χ0) is 24.9. The molecule has 0 amide bonds. The van der Waals surface area contributed by atoms with E-state index >= 15 is 0 Å². The van der Waals surface area contributed by atoms with E-state index in [-0.39, 0.29) is 6.04 Å². The van der Waals surface area contributed by atoms with Gasteiger partial charge in [0.05, 0.1) is 6.04 Å². The Kier molecular flexibility index (Phi) is 7.56. The van der Waals surface area contributed by atoms with Gasteiger partial charge in [0.25, 0.3) is 0 Å². The molecular formula is C29H37N5O2.